The molecule has 2 rings (SSSR count). The van der Waals surface area contributed by atoms with Gasteiger partial charge in [-0.15, -0.1) is 0 Å². The molecule has 0 spiro atoms. The van der Waals surface area contributed by atoms with E-state index in [9.17, 15) is 0 Å². The van der Waals surface area contributed by atoms with Crippen LogP contribution >= 0.6 is 0 Å². The molecule has 0 aromatic rings. The van der Waals surface area contributed by atoms with E-state index in [1.165, 1.54) is 38.6 Å². The Hall–Kier alpha value is -0.0400. The van der Waals surface area contributed by atoms with Crippen molar-refractivity contribution in [3.8, 4) is 0 Å². The average molecular weight is 181 g/mol. The van der Waals surface area contributed by atoms with Gasteiger partial charge in [-0.1, -0.05) is 20.8 Å². The van der Waals surface area contributed by atoms with E-state index in [4.69, 9.17) is 0 Å². The molecule has 2 aliphatic rings. The van der Waals surface area contributed by atoms with Crippen molar-refractivity contribution in [3.63, 3.8) is 0 Å². The second-order valence-corrected chi connectivity index (χ2v) is 5.65. The molecule has 2 aliphatic heterocycles. The SMILES string of the molecule is CCC(C)(C)CN1C2CCC1CC2. The molecule has 0 saturated carbocycles. The van der Waals surface area contributed by atoms with E-state index in [2.05, 4.69) is 25.7 Å². The van der Waals surface area contributed by atoms with Crippen molar-refractivity contribution < 1.29 is 0 Å². The van der Waals surface area contributed by atoms with Crippen molar-refractivity contribution in [3.05, 3.63) is 0 Å². The Balaban J connectivity index is 1.95. The fraction of sp³-hybridized carbons (Fsp3) is 1.00. The lowest BCUT2D eigenvalue weighted by Crippen LogP contribution is -2.37. The summed E-state index contributed by atoms with van der Waals surface area (Å²) in [6, 6.07) is 1.91. The maximum absolute atomic E-state index is 2.80. The summed E-state index contributed by atoms with van der Waals surface area (Å²) in [7, 11) is 0. The van der Waals surface area contributed by atoms with E-state index in [0.29, 0.717) is 5.41 Å². The van der Waals surface area contributed by atoms with Crippen molar-refractivity contribution in [2.45, 2.75) is 65.0 Å². The van der Waals surface area contributed by atoms with Gasteiger partial charge in [0.25, 0.3) is 0 Å². The Labute approximate surface area is 82.5 Å². The van der Waals surface area contributed by atoms with Gasteiger partial charge in [-0.05, 0) is 37.5 Å². The Bertz CT molecular complexity index is 166. The standard InChI is InChI=1S/C12H23N/c1-4-12(2,3)9-13-10-5-6-11(13)8-7-10/h10-11H,4-9H2,1-3H3. The second-order valence-electron chi connectivity index (χ2n) is 5.65. The first-order valence-corrected chi connectivity index (χ1v) is 5.88. The van der Waals surface area contributed by atoms with E-state index in [1.807, 2.05) is 0 Å². The van der Waals surface area contributed by atoms with Gasteiger partial charge in [0.05, 0.1) is 0 Å². The fourth-order valence-corrected chi connectivity index (χ4v) is 2.88. The van der Waals surface area contributed by atoms with Crippen LogP contribution in [0.25, 0.3) is 0 Å². The van der Waals surface area contributed by atoms with E-state index in [-0.39, 0.29) is 0 Å². The van der Waals surface area contributed by atoms with Gasteiger partial charge in [-0.2, -0.15) is 0 Å². The lowest BCUT2D eigenvalue weighted by atomic mass is 9.89. The predicted molar refractivity (Wildman–Crippen MR) is 56.8 cm³/mol. The van der Waals surface area contributed by atoms with Crippen molar-refractivity contribution in [1.82, 2.24) is 4.90 Å². The lowest BCUT2D eigenvalue weighted by molar-refractivity contribution is 0.158. The summed E-state index contributed by atoms with van der Waals surface area (Å²) >= 11 is 0. The molecule has 0 N–H and O–H groups in total. The largest absolute Gasteiger partial charge is 0.297 e. The molecule has 0 aromatic heterocycles. The van der Waals surface area contributed by atoms with Crippen molar-refractivity contribution in [2.75, 3.05) is 6.54 Å². The number of hydrogen-bond donors (Lipinski definition) is 0. The minimum absolute atomic E-state index is 0.533. The van der Waals surface area contributed by atoms with Gasteiger partial charge in [0, 0.05) is 18.6 Å². The van der Waals surface area contributed by atoms with E-state index >= 15 is 0 Å². The van der Waals surface area contributed by atoms with E-state index < -0.39 is 0 Å². The van der Waals surface area contributed by atoms with E-state index in [0.717, 1.165) is 12.1 Å². The highest BCUT2D eigenvalue weighted by Crippen LogP contribution is 2.39. The Morgan fingerprint density at radius 3 is 1.92 bits per heavy atom. The Kier molecular flexibility index (Phi) is 2.39. The first kappa shape index (κ1) is 9.51. The summed E-state index contributed by atoms with van der Waals surface area (Å²) in [4.78, 5) is 2.80. The Morgan fingerprint density at radius 1 is 1.08 bits per heavy atom. The second kappa shape index (κ2) is 3.27. The first-order valence-electron chi connectivity index (χ1n) is 5.88. The van der Waals surface area contributed by atoms with Crippen LogP contribution in [-0.4, -0.2) is 23.5 Å². The maximum atomic E-state index is 2.80. The van der Waals surface area contributed by atoms with Crippen molar-refractivity contribution >= 4 is 0 Å². The minimum Gasteiger partial charge on any atom is -0.297 e. The number of nitrogens with zero attached hydrogens (tertiary/aromatic N) is 1. The van der Waals surface area contributed by atoms with Gasteiger partial charge < -0.3 is 0 Å². The third-order valence-corrected chi connectivity index (χ3v) is 4.17. The fourth-order valence-electron chi connectivity index (χ4n) is 2.88. The highest BCUT2D eigenvalue weighted by Gasteiger charge is 2.40. The summed E-state index contributed by atoms with van der Waals surface area (Å²) in [5, 5.41) is 0. The summed E-state index contributed by atoms with van der Waals surface area (Å²) in [6.45, 7) is 8.46. The first-order chi connectivity index (χ1) is 6.12. The molecule has 0 unspecified atom stereocenters. The summed E-state index contributed by atoms with van der Waals surface area (Å²) in [5.74, 6) is 0. The summed E-state index contributed by atoms with van der Waals surface area (Å²) in [6.07, 6.45) is 7.22. The molecule has 2 bridgehead atoms. The van der Waals surface area contributed by atoms with Crippen LogP contribution in [0, 0.1) is 5.41 Å². The molecule has 0 atom stereocenters. The average Bonchev–Trinajstić information content (AvgIpc) is 2.65. The zero-order valence-corrected chi connectivity index (χ0v) is 9.34. The molecule has 76 valence electrons. The highest BCUT2D eigenvalue weighted by atomic mass is 15.2. The van der Waals surface area contributed by atoms with Crippen LogP contribution in [0.4, 0.5) is 0 Å². The number of hydrogen-bond acceptors (Lipinski definition) is 1. The molecule has 0 amide bonds. The maximum Gasteiger partial charge on any atom is 0.00995 e. The molecule has 0 aliphatic carbocycles. The molecular formula is C12H23N. The van der Waals surface area contributed by atoms with Crippen LogP contribution < -0.4 is 0 Å². The van der Waals surface area contributed by atoms with Crippen LogP contribution in [0.15, 0.2) is 0 Å². The van der Waals surface area contributed by atoms with Gasteiger partial charge in [0.2, 0.25) is 0 Å². The summed E-state index contributed by atoms with van der Waals surface area (Å²) in [5.41, 5.74) is 0.533. The predicted octanol–water partition coefficient (Wildman–Crippen LogP) is 3.05. The lowest BCUT2D eigenvalue weighted by Gasteiger charge is -2.32. The number of rotatable bonds is 3. The topological polar surface area (TPSA) is 3.24 Å². The van der Waals surface area contributed by atoms with Crippen LogP contribution in [0.1, 0.15) is 52.9 Å². The molecule has 0 aromatic carbocycles. The molecule has 2 saturated heterocycles. The van der Waals surface area contributed by atoms with Crippen molar-refractivity contribution in [1.29, 1.82) is 0 Å². The third kappa shape index (κ3) is 1.76. The van der Waals surface area contributed by atoms with Gasteiger partial charge in [-0.25, -0.2) is 0 Å². The molecule has 2 fully saturated rings. The van der Waals surface area contributed by atoms with Gasteiger partial charge in [0.1, 0.15) is 0 Å². The monoisotopic (exact) mass is 181 g/mol. The van der Waals surface area contributed by atoms with E-state index in [1.54, 1.807) is 0 Å². The van der Waals surface area contributed by atoms with Crippen LogP contribution in [0.3, 0.4) is 0 Å². The quantitative estimate of drug-likeness (QED) is 0.647. The molecule has 0 radical (unpaired) electrons. The zero-order chi connectivity index (χ0) is 9.47. The van der Waals surface area contributed by atoms with Crippen LogP contribution in [0.5, 0.6) is 0 Å². The minimum atomic E-state index is 0.533. The van der Waals surface area contributed by atoms with Gasteiger partial charge in [-0.3, -0.25) is 4.90 Å². The van der Waals surface area contributed by atoms with Gasteiger partial charge >= 0.3 is 0 Å². The highest BCUT2D eigenvalue weighted by molar-refractivity contribution is 4.96. The normalized spacial score (nSPS) is 34.4. The number of fused-ring (bicyclic) bond motifs is 2. The van der Waals surface area contributed by atoms with Gasteiger partial charge in [0.15, 0.2) is 0 Å². The molecule has 1 heteroatoms. The molecular weight excluding hydrogens is 158 g/mol. The zero-order valence-electron chi connectivity index (χ0n) is 9.34. The van der Waals surface area contributed by atoms with Crippen molar-refractivity contribution in [2.24, 2.45) is 5.41 Å². The third-order valence-electron chi connectivity index (χ3n) is 4.17. The smallest absolute Gasteiger partial charge is 0.00995 e. The molecule has 1 nitrogen and oxygen atoms in total. The van der Waals surface area contributed by atoms with Crippen LogP contribution in [0.2, 0.25) is 0 Å². The molecule has 13 heavy (non-hydrogen) atoms. The Morgan fingerprint density at radius 2 is 1.54 bits per heavy atom. The molecule has 2 heterocycles. The van der Waals surface area contributed by atoms with Crippen LogP contribution in [-0.2, 0) is 0 Å². The summed E-state index contributed by atoms with van der Waals surface area (Å²) < 4.78 is 0.